The molecule has 30 heavy (non-hydrogen) atoms. The van der Waals surface area contributed by atoms with Crippen molar-refractivity contribution >= 4 is 16.7 Å². The number of hydrogen-bond donors (Lipinski definition) is 0. The molecule has 0 saturated carbocycles. The molecule has 0 amide bonds. The van der Waals surface area contributed by atoms with Crippen LogP contribution in [0.15, 0.2) is 71.9 Å². The van der Waals surface area contributed by atoms with Crippen LogP contribution >= 0.6 is 0 Å². The van der Waals surface area contributed by atoms with Crippen molar-refractivity contribution in [3.63, 3.8) is 0 Å². The van der Waals surface area contributed by atoms with Gasteiger partial charge in [-0.25, -0.2) is 4.98 Å². The molecule has 0 aliphatic rings. The van der Waals surface area contributed by atoms with Crippen molar-refractivity contribution in [2.75, 3.05) is 14.2 Å². The fourth-order valence-corrected chi connectivity index (χ4v) is 3.56. The highest BCUT2D eigenvalue weighted by molar-refractivity contribution is 5.93. The average molecular weight is 399 g/mol. The average Bonchev–Trinajstić information content (AvgIpc) is 3.26. The third kappa shape index (κ3) is 2.69. The van der Waals surface area contributed by atoms with Gasteiger partial charge in [0, 0.05) is 17.8 Å². The van der Waals surface area contributed by atoms with Gasteiger partial charge >= 0.3 is 0 Å². The van der Waals surface area contributed by atoms with Gasteiger partial charge in [-0.3, -0.25) is 9.36 Å². The lowest BCUT2D eigenvalue weighted by Crippen LogP contribution is -2.20. The molecule has 0 aliphatic heterocycles. The van der Waals surface area contributed by atoms with Crippen molar-refractivity contribution in [2.45, 2.75) is 0 Å². The summed E-state index contributed by atoms with van der Waals surface area (Å²) >= 11 is 0. The molecule has 5 rings (SSSR count). The Morgan fingerprint density at radius 3 is 2.57 bits per heavy atom. The van der Waals surface area contributed by atoms with Gasteiger partial charge in [-0.1, -0.05) is 30.3 Å². The molecule has 0 unspecified atom stereocenters. The molecule has 0 saturated heterocycles. The van der Waals surface area contributed by atoms with E-state index in [0.29, 0.717) is 39.6 Å². The van der Waals surface area contributed by atoms with Gasteiger partial charge in [0.1, 0.15) is 17.8 Å². The fourth-order valence-electron chi connectivity index (χ4n) is 3.56. The molecule has 0 bridgehead atoms. The zero-order valence-corrected chi connectivity index (χ0v) is 16.3. The van der Waals surface area contributed by atoms with Crippen LogP contribution in [0.25, 0.3) is 33.6 Å². The molecular formula is C22H17N5O3. The topological polar surface area (TPSA) is 83.5 Å². The smallest absolute Gasteiger partial charge is 0.266 e. The fraction of sp³-hybridized carbons (Fsp3) is 0.0909. The minimum absolute atomic E-state index is 0.236. The molecule has 148 valence electrons. The molecule has 0 atom stereocenters. The predicted octanol–water partition coefficient (Wildman–Crippen LogP) is 3.11. The Kier molecular flexibility index (Phi) is 4.17. The first-order chi connectivity index (χ1) is 14.7. The number of fused-ring (bicyclic) bond motifs is 2. The molecule has 8 heteroatoms. The van der Waals surface area contributed by atoms with Crippen LogP contribution in [0.3, 0.4) is 0 Å². The summed E-state index contributed by atoms with van der Waals surface area (Å²) in [6.45, 7) is 0. The van der Waals surface area contributed by atoms with Gasteiger partial charge in [0.25, 0.3) is 11.3 Å². The highest BCUT2D eigenvalue weighted by Gasteiger charge is 2.18. The van der Waals surface area contributed by atoms with Crippen LogP contribution in [0.4, 0.5) is 0 Å². The first-order valence-corrected chi connectivity index (χ1v) is 9.24. The van der Waals surface area contributed by atoms with Crippen LogP contribution in [-0.4, -0.2) is 38.4 Å². The van der Waals surface area contributed by atoms with Crippen LogP contribution in [0.2, 0.25) is 0 Å². The van der Waals surface area contributed by atoms with E-state index in [2.05, 4.69) is 15.1 Å². The van der Waals surface area contributed by atoms with Crippen LogP contribution in [0.5, 0.6) is 11.5 Å². The molecule has 0 spiro atoms. The summed E-state index contributed by atoms with van der Waals surface area (Å²) in [7, 11) is 3.14. The molecule has 3 aromatic heterocycles. The van der Waals surface area contributed by atoms with Crippen LogP contribution in [0, 0.1) is 0 Å². The lowest BCUT2D eigenvalue weighted by atomic mass is 10.1. The number of benzene rings is 2. The van der Waals surface area contributed by atoms with Gasteiger partial charge in [-0.2, -0.15) is 14.6 Å². The lowest BCUT2D eigenvalue weighted by molar-refractivity contribution is 0.393. The molecule has 3 heterocycles. The zero-order chi connectivity index (χ0) is 20.7. The quantitative estimate of drug-likeness (QED) is 0.462. The summed E-state index contributed by atoms with van der Waals surface area (Å²) in [5.41, 5.74) is 2.39. The van der Waals surface area contributed by atoms with Gasteiger partial charge in [-0.15, -0.1) is 0 Å². The minimum atomic E-state index is -0.236. The number of rotatable bonds is 4. The first-order valence-electron chi connectivity index (χ1n) is 9.24. The second-order valence-corrected chi connectivity index (χ2v) is 6.59. The Morgan fingerprint density at radius 2 is 1.80 bits per heavy atom. The largest absolute Gasteiger partial charge is 0.497 e. The predicted molar refractivity (Wildman–Crippen MR) is 112 cm³/mol. The number of aromatic nitrogens is 5. The minimum Gasteiger partial charge on any atom is -0.497 e. The van der Waals surface area contributed by atoms with Gasteiger partial charge in [0.2, 0.25) is 0 Å². The van der Waals surface area contributed by atoms with E-state index in [9.17, 15) is 4.79 Å². The monoisotopic (exact) mass is 399 g/mol. The van der Waals surface area contributed by atoms with Crippen LogP contribution in [0.1, 0.15) is 0 Å². The standard InChI is InChI=1S/C22H17N5O3/c1-29-15-8-9-17(18(12-15)30-2)26-11-10-16-19(21(26)28)20(14-6-4-3-5-7-14)27-22(25-16)23-13-24-27/h3-13H,1-2H3. The number of pyridine rings is 1. The molecule has 8 nitrogen and oxygen atoms in total. The van der Waals surface area contributed by atoms with Gasteiger partial charge in [0.05, 0.1) is 36.5 Å². The molecule has 5 aromatic rings. The van der Waals surface area contributed by atoms with Crippen molar-refractivity contribution < 1.29 is 9.47 Å². The summed E-state index contributed by atoms with van der Waals surface area (Å²) < 4.78 is 13.9. The Labute approximate surface area is 171 Å². The summed E-state index contributed by atoms with van der Waals surface area (Å²) in [5, 5.41) is 4.74. The molecule has 0 fully saturated rings. The molecule has 2 aromatic carbocycles. The van der Waals surface area contributed by atoms with E-state index >= 15 is 0 Å². The summed E-state index contributed by atoms with van der Waals surface area (Å²) in [4.78, 5) is 22.4. The van der Waals surface area contributed by atoms with E-state index in [-0.39, 0.29) is 5.56 Å². The third-order valence-corrected chi connectivity index (χ3v) is 4.96. The highest BCUT2D eigenvalue weighted by Crippen LogP contribution is 2.29. The summed E-state index contributed by atoms with van der Waals surface area (Å²) in [6, 6.07) is 16.7. The van der Waals surface area contributed by atoms with Gasteiger partial charge in [0.15, 0.2) is 0 Å². The third-order valence-electron chi connectivity index (χ3n) is 4.96. The maximum absolute atomic E-state index is 13.7. The number of ether oxygens (including phenoxy) is 2. The highest BCUT2D eigenvalue weighted by atomic mass is 16.5. The van der Waals surface area contributed by atoms with E-state index < -0.39 is 0 Å². The van der Waals surface area contributed by atoms with E-state index in [1.165, 1.54) is 10.9 Å². The number of hydrogen-bond acceptors (Lipinski definition) is 6. The van der Waals surface area contributed by atoms with Gasteiger partial charge in [-0.05, 0) is 18.2 Å². The normalized spacial score (nSPS) is 11.1. The van der Waals surface area contributed by atoms with Crippen molar-refractivity contribution in [1.82, 2.24) is 24.1 Å². The summed E-state index contributed by atoms with van der Waals surface area (Å²) in [6.07, 6.45) is 3.11. The first kappa shape index (κ1) is 17.9. The molecule has 0 radical (unpaired) electrons. The lowest BCUT2D eigenvalue weighted by Gasteiger charge is -2.14. The van der Waals surface area contributed by atoms with Crippen molar-refractivity contribution in [2.24, 2.45) is 0 Å². The second kappa shape index (κ2) is 7.00. The number of nitrogens with zero attached hydrogens (tertiary/aromatic N) is 5. The van der Waals surface area contributed by atoms with Crippen LogP contribution < -0.4 is 15.0 Å². The summed E-state index contributed by atoms with van der Waals surface area (Å²) in [5.74, 6) is 1.59. The van der Waals surface area contributed by atoms with Crippen molar-refractivity contribution in [3.8, 4) is 28.4 Å². The Morgan fingerprint density at radius 1 is 0.967 bits per heavy atom. The van der Waals surface area contributed by atoms with Gasteiger partial charge < -0.3 is 9.47 Å². The second-order valence-electron chi connectivity index (χ2n) is 6.59. The van der Waals surface area contributed by atoms with Crippen molar-refractivity contribution in [1.29, 1.82) is 0 Å². The Bertz CT molecular complexity index is 1440. The number of methoxy groups -OCH3 is 2. The van der Waals surface area contributed by atoms with E-state index in [1.807, 2.05) is 30.3 Å². The molecule has 0 N–H and O–H groups in total. The van der Waals surface area contributed by atoms with E-state index in [1.54, 1.807) is 49.2 Å². The maximum Gasteiger partial charge on any atom is 0.266 e. The SMILES string of the molecule is COc1ccc(-n2ccc3nc4ncnn4c(-c4ccccc4)c3c2=O)c(OC)c1. The molecule has 0 aliphatic carbocycles. The van der Waals surface area contributed by atoms with E-state index in [0.717, 1.165) is 5.56 Å². The Hall–Kier alpha value is -4.20. The van der Waals surface area contributed by atoms with Crippen molar-refractivity contribution in [3.05, 3.63) is 77.5 Å². The zero-order valence-electron chi connectivity index (χ0n) is 16.3. The molecular weight excluding hydrogens is 382 g/mol. The van der Waals surface area contributed by atoms with E-state index in [4.69, 9.17) is 9.47 Å². The van der Waals surface area contributed by atoms with Crippen LogP contribution in [-0.2, 0) is 0 Å². The Balaban J connectivity index is 1.88. The maximum atomic E-state index is 13.7.